The Morgan fingerprint density at radius 3 is 2.94 bits per heavy atom. The molecule has 0 spiro atoms. The highest BCUT2D eigenvalue weighted by molar-refractivity contribution is 7.19. The first-order valence-electron chi connectivity index (χ1n) is 5.73. The Kier molecular flexibility index (Phi) is 3.59. The maximum absolute atomic E-state index is 5.69. The monoisotopic (exact) mass is 294 g/mol. The fourth-order valence-electron chi connectivity index (χ4n) is 1.82. The van der Waals surface area contributed by atoms with Gasteiger partial charge in [0.1, 0.15) is 10.0 Å². The first-order valence-corrected chi connectivity index (χ1v) is 7.96. The van der Waals surface area contributed by atoms with Crippen molar-refractivity contribution >= 4 is 44.4 Å². The van der Waals surface area contributed by atoms with Crippen LogP contribution in [0, 0.1) is 0 Å². The summed E-state index contributed by atoms with van der Waals surface area (Å²) < 4.78 is 1.30. The zero-order valence-corrected chi connectivity index (χ0v) is 12.0. The summed E-state index contributed by atoms with van der Waals surface area (Å²) in [7, 11) is 0. The number of alkyl halides is 1. The molecule has 0 N–H and O–H groups in total. The fraction of sp³-hybridized carbons (Fsp3) is 0.231. The van der Waals surface area contributed by atoms with E-state index in [-0.39, 0.29) is 0 Å². The van der Waals surface area contributed by atoms with Crippen LogP contribution < -0.4 is 0 Å². The Hall–Kier alpha value is -0.970. The molecule has 2 nitrogen and oxygen atoms in total. The van der Waals surface area contributed by atoms with Crippen LogP contribution in [0.1, 0.15) is 11.4 Å². The predicted octanol–water partition coefficient (Wildman–Crippen LogP) is 4.59. The van der Waals surface area contributed by atoms with Gasteiger partial charge in [-0.15, -0.1) is 33.1 Å². The van der Waals surface area contributed by atoms with E-state index in [0.29, 0.717) is 5.88 Å². The fourth-order valence-corrected chi connectivity index (χ4v) is 3.89. The molecule has 0 amide bonds. The molecule has 0 aliphatic carbocycles. The number of nitrogens with zero attached hydrogens (tertiary/aromatic N) is 2. The minimum atomic E-state index is 0.677. The van der Waals surface area contributed by atoms with Crippen molar-refractivity contribution in [3.8, 4) is 10.6 Å². The summed E-state index contributed by atoms with van der Waals surface area (Å²) in [5, 5.41) is 14.0. The van der Waals surface area contributed by atoms with Crippen molar-refractivity contribution in [3.05, 3.63) is 34.7 Å². The van der Waals surface area contributed by atoms with Gasteiger partial charge in [-0.25, -0.2) is 0 Å². The van der Waals surface area contributed by atoms with Crippen LogP contribution in [0.25, 0.3) is 20.7 Å². The Bertz CT molecular complexity index is 660. The van der Waals surface area contributed by atoms with Crippen LogP contribution in [0.2, 0.25) is 0 Å². The third-order valence-corrected chi connectivity index (χ3v) is 4.95. The second-order valence-electron chi connectivity index (χ2n) is 3.94. The number of rotatable bonds is 4. The molecule has 0 saturated heterocycles. The molecule has 5 heteroatoms. The van der Waals surface area contributed by atoms with Crippen LogP contribution in [-0.2, 0) is 6.42 Å². The van der Waals surface area contributed by atoms with E-state index in [9.17, 15) is 0 Å². The molecule has 0 atom stereocenters. The molecule has 2 aromatic heterocycles. The molecule has 0 aliphatic rings. The molecule has 18 heavy (non-hydrogen) atoms. The summed E-state index contributed by atoms with van der Waals surface area (Å²) in [4.78, 5) is 0. The number of hydrogen-bond donors (Lipinski definition) is 0. The SMILES string of the molecule is ClCCCc1nnc(-c2csc3ccccc23)s1. The van der Waals surface area contributed by atoms with E-state index < -0.39 is 0 Å². The van der Waals surface area contributed by atoms with Crippen LogP contribution in [0.15, 0.2) is 29.6 Å². The number of benzene rings is 1. The molecule has 3 rings (SSSR count). The van der Waals surface area contributed by atoms with E-state index in [0.717, 1.165) is 22.9 Å². The van der Waals surface area contributed by atoms with Crippen molar-refractivity contribution in [2.45, 2.75) is 12.8 Å². The topological polar surface area (TPSA) is 25.8 Å². The Morgan fingerprint density at radius 2 is 2.06 bits per heavy atom. The van der Waals surface area contributed by atoms with Gasteiger partial charge in [0, 0.05) is 33.3 Å². The lowest BCUT2D eigenvalue weighted by Crippen LogP contribution is -1.84. The first kappa shape index (κ1) is 12.1. The van der Waals surface area contributed by atoms with Gasteiger partial charge in [0.25, 0.3) is 0 Å². The third-order valence-electron chi connectivity index (χ3n) is 2.70. The van der Waals surface area contributed by atoms with Gasteiger partial charge in [0.05, 0.1) is 0 Å². The minimum Gasteiger partial charge on any atom is -0.143 e. The summed E-state index contributed by atoms with van der Waals surface area (Å²) in [5.41, 5.74) is 1.20. The second kappa shape index (κ2) is 5.34. The Balaban J connectivity index is 1.96. The molecular formula is C13H11ClN2S2. The Morgan fingerprint density at radius 1 is 1.17 bits per heavy atom. The van der Waals surface area contributed by atoms with Crippen molar-refractivity contribution in [1.29, 1.82) is 0 Å². The van der Waals surface area contributed by atoms with Gasteiger partial charge in [0.15, 0.2) is 0 Å². The van der Waals surface area contributed by atoms with E-state index in [1.54, 1.807) is 22.7 Å². The lowest BCUT2D eigenvalue weighted by molar-refractivity contribution is 0.884. The number of fused-ring (bicyclic) bond motifs is 1. The van der Waals surface area contributed by atoms with Crippen LogP contribution in [-0.4, -0.2) is 16.1 Å². The summed E-state index contributed by atoms with van der Waals surface area (Å²) in [6.45, 7) is 0. The molecule has 92 valence electrons. The van der Waals surface area contributed by atoms with Gasteiger partial charge in [-0.1, -0.05) is 29.5 Å². The molecule has 0 saturated carbocycles. The van der Waals surface area contributed by atoms with Gasteiger partial charge in [0.2, 0.25) is 0 Å². The molecule has 2 heterocycles. The number of thiophene rings is 1. The summed E-state index contributed by atoms with van der Waals surface area (Å²) in [6, 6.07) is 8.41. The van der Waals surface area contributed by atoms with Crippen LogP contribution in [0.4, 0.5) is 0 Å². The predicted molar refractivity (Wildman–Crippen MR) is 79.8 cm³/mol. The van der Waals surface area contributed by atoms with E-state index in [1.807, 2.05) is 0 Å². The zero-order valence-electron chi connectivity index (χ0n) is 9.60. The molecule has 0 radical (unpaired) electrons. The molecule has 0 aliphatic heterocycles. The van der Waals surface area contributed by atoms with E-state index in [1.165, 1.54) is 15.6 Å². The van der Waals surface area contributed by atoms with Gasteiger partial charge in [-0.2, -0.15) is 0 Å². The molecule has 0 unspecified atom stereocenters. The van der Waals surface area contributed by atoms with Crippen LogP contribution >= 0.6 is 34.3 Å². The smallest absolute Gasteiger partial charge is 0.143 e. The Labute approximate surface area is 118 Å². The van der Waals surface area contributed by atoms with Gasteiger partial charge >= 0.3 is 0 Å². The molecule has 3 aromatic rings. The van der Waals surface area contributed by atoms with Crippen molar-refractivity contribution in [2.75, 3.05) is 5.88 Å². The van der Waals surface area contributed by atoms with Crippen LogP contribution in [0.5, 0.6) is 0 Å². The highest BCUT2D eigenvalue weighted by atomic mass is 35.5. The van der Waals surface area contributed by atoms with Crippen LogP contribution in [0.3, 0.4) is 0 Å². The maximum atomic E-state index is 5.69. The lowest BCUT2D eigenvalue weighted by atomic mass is 10.2. The lowest BCUT2D eigenvalue weighted by Gasteiger charge is -1.92. The third kappa shape index (κ3) is 2.28. The zero-order chi connectivity index (χ0) is 12.4. The first-order chi connectivity index (χ1) is 8.88. The molecule has 0 fully saturated rings. The van der Waals surface area contributed by atoms with E-state index in [4.69, 9.17) is 11.6 Å². The number of halogens is 1. The van der Waals surface area contributed by atoms with Gasteiger partial charge in [-0.05, 0) is 12.5 Å². The highest BCUT2D eigenvalue weighted by Gasteiger charge is 2.11. The second-order valence-corrected chi connectivity index (χ2v) is 6.29. The van der Waals surface area contributed by atoms with Crippen molar-refractivity contribution in [3.63, 3.8) is 0 Å². The van der Waals surface area contributed by atoms with E-state index >= 15 is 0 Å². The van der Waals surface area contributed by atoms with Gasteiger partial charge < -0.3 is 0 Å². The minimum absolute atomic E-state index is 0.677. The summed E-state index contributed by atoms with van der Waals surface area (Å²) in [5.74, 6) is 0.677. The highest BCUT2D eigenvalue weighted by Crippen LogP contribution is 2.35. The molecular weight excluding hydrogens is 284 g/mol. The quantitative estimate of drug-likeness (QED) is 0.658. The average Bonchev–Trinajstić information content (AvgIpc) is 3.02. The number of hydrogen-bond acceptors (Lipinski definition) is 4. The molecule has 0 bridgehead atoms. The molecule has 1 aromatic carbocycles. The van der Waals surface area contributed by atoms with Crippen molar-refractivity contribution < 1.29 is 0 Å². The average molecular weight is 295 g/mol. The van der Waals surface area contributed by atoms with E-state index in [2.05, 4.69) is 39.8 Å². The normalized spacial score (nSPS) is 11.2. The largest absolute Gasteiger partial charge is 0.149 e. The van der Waals surface area contributed by atoms with Crippen molar-refractivity contribution in [2.24, 2.45) is 0 Å². The van der Waals surface area contributed by atoms with Gasteiger partial charge in [-0.3, -0.25) is 0 Å². The summed E-state index contributed by atoms with van der Waals surface area (Å²) in [6.07, 6.45) is 1.88. The number of aryl methyl sites for hydroxylation is 1. The number of aromatic nitrogens is 2. The van der Waals surface area contributed by atoms with Crippen molar-refractivity contribution in [1.82, 2.24) is 10.2 Å². The summed E-state index contributed by atoms with van der Waals surface area (Å²) >= 11 is 9.12. The standard InChI is InChI=1S/C13H11ClN2S2/c14-7-3-6-12-15-16-13(18-12)10-8-17-11-5-2-1-4-9(10)11/h1-2,4-5,8H,3,6-7H2. The maximum Gasteiger partial charge on any atom is 0.149 e.